The first kappa shape index (κ1) is 10.4. The minimum absolute atomic E-state index is 0.0883. The Hall–Kier alpha value is -1.14. The molecule has 0 aliphatic rings. The zero-order valence-corrected chi connectivity index (χ0v) is 9.51. The molecule has 0 fully saturated rings. The molecule has 5 nitrogen and oxygen atoms in total. The van der Waals surface area contributed by atoms with Crippen molar-refractivity contribution >= 4 is 15.9 Å². The van der Waals surface area contributed by atoms with Gasteiger partial charge in [0.1, 0.15) is 12.3 Å². The second-order valence-electron chi connectivity index (χ2n) is 3.09. The summed E-state index contributed by atoms with van der Waals surface area (Å²) >= 11 is 3.23. The second kappa shape index (κ2) is 4.59. The van der Waals surface area contributed by atoms with Gasteiger partial charge in [0.15, 0.2) is 4.67 Å². The van der Waals surface area contributed by atoms with Crippen molar-refractivity contribution in [2.45, 2.75) is 13.0 Å². The zero-order chi connectivity index (χ0) is 10.7. The maximum Gasteiger partial charge on any atom is 0.169 e. The van der Waals surface area contributed by atoms with Crippen LogP contribution in [0, 0.1) is 0 Å². The number of hydrogen-bond acceptors (Lipinski definition) is 4. The Morgan fingerprint density at radius 3 is 3.00 bits per heavy atom. The molecule has 0 aromatic carbocycles. The number of furan rings is 1. The first-order valence-corrected chi connectivity index (χ1v) is 5.31. The molecule has 0 bridgehead atoms. The second-order valence-corrected chi connectivity index (χ2v) is 3.87. The van der Waals surface area contributed by atoms with Gasteiger partial charge in [0.25, 0.3) is 0 Å². The average Bonchev–Trinajstić information content (AvgIpc) is 2.78. The number of aliphatic hydroxyl groups is 1. The summed E-state index contributed by atoms with van der Waals surface area (Å²) in [6.07, 6.45) is 2.33. The molecule has 0 spiro atoms. The Kier molecular flexibility index (Phi) is 3.17. The van der Waals surface area contributed by atoms with Crippen molar-refractivity contribution in [3.63, 3.8) is 0 Å². The van der Waals surface area contributed by atoms with Gasteiger partial charge in [0.2, 0.25) is 0 Å². The number of nitrogens with zero attached hydrogens (tertiary/aromatic N) is 3. The van der Waals surface area contributed by atoms with Gasteiger partial charge in [-0.3, -0.25) is 0 Å². The summed E-state index contributed by atoms with van der Waals surface area (Å²) < 4.78 is 7.71. The van der Waals surface area contributed by atoms with Gasteiger partial charge in [-0.05, 0) is 28.1 Å². The first-order chi connectivity index (χ1) is 7.28. The van der Waals surface area contributed by atoms with E-state index in [0.717, 1.165) is 11.5 Å². The summed E-state index contributed by atoms with van der Waals surface area (Å²) in [6.45, 7) is 0.634. The molecule has 80 valence electrons. The third-order valence-corrected chi connectivity index (χ3v) is 2.33. The van der Waals surface area contributed by atoms with Crippen LogP contribution in [0.5, 0.6) is 0 Å². The van der Waals surface area contributed by atoms with Crippen LogP contribution in [-0.2, 0) is 13.0 Å². The van der Waals surface area contributed by atoms with Crippen LogP contribution in [0.1, 0.15) is 11.5 Å². The van der Waals surface area contributed by atoms with Gasteiger partial charge in [-0.2, -0.15) is 0 Å². The number of aromatic nitrogens is 3. The minimum Gasteiger partial charge on any atom is -0.452 e. The van der Waals surface area contributed by atoms with Gasteiger partial charge in [-0.25, -0.2) is 4.68 Å². The van der Waals surface area contributed by atoms with Crippen molar-refractivity contribution < 1.29 is 9.52 Å². The fourth-order valence-corrected chi connectivity index (χ4v) is 1.58. The number of rotatable bonds is 4. The lowest BCUT2D eigenvalue weighted by atomic mass is 10.3. The van der Waals surface area contributed by atoms with Gasteiger partial charge < -0.3 is 9.52 Å². The molecule has 2 aromatic rings. The van der Waals surface area contributed by atoms with Gasteiger partial charge in [-0.15, -0.1) is 5.10 Å². The van der Waals surface area contributed by atoms with Crippen molar-refractivity contribution in [3.8, 4) is 0 Å². The fourth-order valence-electron chi connectivity index (χ4n) is 1.24. The highest BCUT2D eigenvalue weighted by molar-refractivity contribution is 9.10. The maximum absolute atomic E-state index is 8.72. The molecule has 0 unspecified atom stereocenters. The molecule has 0 radical (unpaired) electrons. The third kappa shape index (κ3) is 2.66. The molecule has 0 atom stereocenters. The van der Waals surface area contributed by atoms with Crippen molar-refractivity contribution in [1.29, 1.82) is 0 Å². The Morgan fingerprint density at radius 1 is 1.47 bits per heavy atom. The molecule has 0 saturated heterocycles. The predicted octanol–water partition coefficient (Wildman–Crippen LogP) is 1.22. The number of hydrogen-bond donors (Lipinski definition) is 1. The topological polar surface area (TPSA) is 64.1 Å². The lowest BCUT2D eigenvalue weighted by Gasteiger charge is -1.94. The number of halogens is 1. The third-order valence-electron chi connectivity index (χ3n) is 1.90. The van der Waals surface area contributed by atoms with E-state index in [1.54, 1.807) is 10.9 Å². The molecule has 15 heavy (non-hydrogen) atoms. The largest absolute Gasteiger partial charge is 0.452 e. The Morgan fingerprint density at radius 2 is 2.33 bits per heavy atom. The molecule has 0 amide bonds. The molecule has 1 N–H and O–H groups in total. The van der Waals surface area contributed by atoms with Crippen LogP contribution in [0.25, 0.3) is 0 Å². The summed E-state index contributed by atoms with van der Waals surface area (Å²) in [6, 6.07) is 3.71. The van der Waals surface area contributed by atoms with E-state index in [4.69, 9.17) is 9.52 Å². The Balaban J connectivity index is 2.04. The van der Waals surface area contributed by atoms with Crippen LogP contribution in [0.4, 0.5) is 0 Å². The first-order valence-electron chi connectivity index (χ1n) is 4.52. The highest BCUT2D eigenvalue weighted by Gasteiger charge is 2.03. The van der Waals surface area contributed by atoms with E-state index in [-0.39, 0.29) is 6.61 Å². The summed E-state index contributed by atoms with van der Waals surface area (Å²) in [4.78, 5) is 0. The van der Waals surface area contributed by atoms with Crippen LogP contribution in [0.2, 0.25) is 0 Å². The molecule has 6 heteroatoms. The summed E-state index contributed by atoms with van der Waals surface area (Å²) in [7, 11) is 0. The van der Waals surface area contributed by atoms with Crippen molar-refractivity contribution in [2.75, 3.05) is 6.61 Å². The van der Waals surface area contributed by atoms with Gasteiger partial charge >= 0.3 is 0 Å². The van der Waals surface area contributed by atoms with Crippen LogP contribution in [-0.4, -0.2) is 26.7 Å². The lowest BCUT2D eigenvalue weighted by molar-refractivity contribution is 0.298. The highest BCUT2D eigenvalue weighted by atomic mass is 79.9. The molecular weight excluding hydrogens is 262 g/mol. The zero-order valence-electron chi connectivity index (χ0n) is 7.93. The van der Waals surface area contributed by atoms with Crippen LogP contribution in [0.15, 0.2) is 27.4 Å². The van der Waals surface area contributed by atoms with Gasteiger partial charge in [0, 0.05) is 19.2 Å². The maximum atomic E-state index is 8.72. The van der Waals surface area contributed by atoms with Gasteiger partial charge in [0.05, 0.1) is 5.69 Å². The van der Waals surface area contributed by atoms with Crippen LogP contribution >= 0.6 is 15.9 Å². The van der Waals surface area contributed by atoms with E-state index in [1.807, 2.05) is 12.1 Å². The minimum atomic E-state index is 0.0883. The molecule has 0 aliphatic heterocycles. The van der Waals surface area contributed by atoms with E-state index in [1.165, 1.54) is 0 Å². The van der Waals surface area contributed by atoms with Crippen molar-refractivity contribution in [1.82, 2.24) is 15.0 Å². The highest BCUT2D eigenvalue weighted by Crippen LogP contribution is 2.14. The van der Waals surface area contributed by atoms with E-state index >= 15 is 0 Å². The standard InChI is InChI=1S/C9H10BrN3O2/c10-9-2-1-8(15-9)6-13-5-7(3-4-14)11-12-13/h1-2,5,14H,3-4,6H2. The quantitative estimate of drug-likeness (QED) is 0.908. The van der Waals surface area contributed by atoms with Crippen LogP contribution in [0.3, 0.4) is 0 Å². The summed E-state index contributed by atoms with van der Waals surface area (Å²) in [5.41, 5.74) is 0.781. The monoisotopic (exact) mass is 271 g/mol. The average molecular weight is 272 g/mol. The van der Waals surface area contributed by atoms with Crippen molar-refractivity contribution in [3.05, 3.63) is 34.5 Å². The molecule has 2 heterocycles. The molecular formula is C9H10BrN3O2. The SMILES string of the molecule is OCCc1cn(Cc2ccc(Br)o2)nn1. The summed E-state index contributed by atoms with van der Waals surface area (Å²) in [5.74, 6) is 0.808. The normalized spacial score (nSPS) is 10.8. The van der Waals surface area contributed by atoms with Crippen molar-refractivity contribution in [2.24, 2.45) is 0 Å². The predicted molar refractivity (Wildman–Crippen MR) is 56.3 cm³/mol. The fraction of sp³-hybridized carbons (Fsp3) is 0.333. The molecule has 0 saturated carbocycles. The smallest absolute Gasteiger partial charge is 0.169 e. The number of aliphatic hydroxyl groups excluding tert-OH is 1. The molecule has 2 rings (SSSR count). The van der Waals surface area contributed by atoms with E-state index in [0.29, 0.717) is 17.6 Å². The van der Waals surface area contributed by atoms with Gasteiger partial charge in [-0.1, -0.05) is 5.21 Å². The Labute approximate surface area is 94.8 Å². The van der Waals surface area contributed by atoms with E-state index < -0.39 is 0 Å². The lowest BCUT2D eigenvalue weighted by Crippen LogP contribution is -1.98. The van der Waals surface area contributed by atoms with E-state index in [2.05, 4.69) is 26.2 Å². The summed E-state index contributed by atoms with van der Waals surface area (Å²) in [5, 5.41) is 16.5. The molecule has 0 aliphatic carbocycles. The van der Waals surface area contributed by atoms with Crippen LogP contribution < -0.4 is 0 Å². The Bertz CT molecular complexity index is 438. The molecule has 2 aromatic heterocycles. The van der Waals surface area contributed by atoms with E-state index in [9.17, 15) is 0 Å².